The number of allylic oxidation sites excluding steroid dienone is 4. The Morgan fingerprint density at radius 1 is 0.414 bits per heavy atom. The summed E-state index contributed by atoms with van der Waals surface area (Å²) in [7, 11) is 0. The lowest BCUT2D eigenvalue weighted by Crippen LogP contribution is -2.65. The number of aliphatic hydroxyl groups is 8. The highest BCUT2D eigenvalue weighted by Gasteiger charge is 2.51. The van der Waals surface area contributed by atoms with Crippen LogP contribution in [0.1, 0.15) is 341 Å². The topological polar surface area (TPSA) is 228 Å². The van der Waals surface area contributed by atoms with Crippen LogP contribution in [-0.2, 0) is 23.7 Å². The summed E-state index contributed by atoms with van der Waals surface area (Å²) in [4.78, 5) is 13.4. The van der Waals surface area contributed by atoms with E-state index in [-0.39, 0.29) is 12.5 Å². The smallest absolute Gasteiger partial charge is 0.220 e. The molecule has 2 aliphatic heterocycles. The van der Waals surface area contributed by atoms with E-state index in [1.54, 1.807) is 0 Å². The molecule has 0 aromatic carbocycles. The zero-order chi connectivity index (χ0) is 63.1. The molecule has 0 bridgehead atoms. The van der Waals surface area contributed by atoms with Gasteiger partial charge in [0.25, 0.3) is 0 Å². The van der Waals surface area contributed by atoms with Gasteiger partial charge in [0.2, 0.25) is 5.91 Å². The summed E-state index contributed by atoms with van der Waals surface area (Å²) in [6, 6.07) is -0.829. The summed E-state index contributed by atoms with van der Waals surface area (Å²) in [5.41, 5.74) is 0. The molecular weight excluding hydrogens is 1100 g/mol. The van der Waals surface area contributed by atoms with Crippen molar-refractivity contribution in [2.45, 2.75) is 415 Å². The Kier molecular flexibility index (Phi) is 54.7. The molecule has 0 aromatic heterocycles. The standard InChI is InChI=1S/C73H139NO13/c1-3-5-7-9-11-13-15-17-19-21-23-25-27-29-31-33-35-37-39-41-43-45-47-49-51-53-55-57-65(78)74-61(60-84-72-70(83)68(81)71(64(59-76)86-72)87-73-69(82)67(80)66(79)63(58-75)85-73)62(77)56-54-52-50-48-46-44-42-40-38-36-34-32-30-28-26-24-22-20-18-16-14-12-10-8-6-4-2/h15,17,21,23,61-64,66-73,75-77,79-83H,3-14,16,18-20,22,24-60H2,1-2H3,(H,74,78)/b17-15-,23-21-. The lowest BCUT2D eigenvalue weighted by molar-refractivity contribution is -0.359. The fourth-order valence-electron chi connectivity index (χ4n) is 12.5. The molecule has 2 rings (SSSR count). The van der Waals surface area contributed by atoms with Crippen molar-refractivity contribution in [2.75, 3.05) is 19.8 Å². The van der Waals surface area contributed by atoms with Crippen molar-refractivity contribution in [3.05, 3.63) is 24.3 Å². The Bertz CT molecular complexity index is 1550. The van der Waals surface area contributed by atoms with Gasteiger partial charge in [0, 0.05) is 6.42 Å². The van der Waals surface area contributed by atoms with Gasteiger partial charge in [-0.05, 0) is 44.9 Å². The molecule has 12 unspecified atom stereocenters. The van der Waals surface area contributed by atoms with Crippen LogP contribution >= 0.6 is 0 Å². The lowest BCUT2D eigenvalue weighted by atomic mass is 9.97. The molecule has 14 heteroatoms. The first-order valence-corrected chi connectivity index (χ1v) is 37.1. The number of nitrogens with one attached hydrogen (secondary N) is 1. The van der Waals surface area contributed by atoms with Gasteiger partial charge >= 0.3 is 0 Å². The fraction of sp³-hybridized carbons (Fsp3) is 0.932. The molecule has 514 valence electrons. The number of hydrogen-bond acceptors (Lipinski definition) is 13. The van der Waals surface area contributed by atoms with Crippen LogP contribution in [0.3, 0.4) is 0 Å². The SMILES string of the molecule is CCCCCCC/C=C\C/C=C\CCCCCCCCCCCCCCCCCC(=O)NC(COC1OC(CO)C(OC2OC(CO)C(O)C(O)C2O)C(O)C1O)C(O)CCCCCCCCCCCCCCCCCCCCCCCCCCCC. The minimum Gasteiger partial charge on any atom is -0.394 e. The van der Waals surface area contributed by atoms with Crippen molar-refractivity contribution in [2.24, 2.45) is 0 Å². The molecule has 2 heterocycles. The highest BCUT2D eigenvalue weighted by atomic mass is 16.7. The minimum absolute atomic E-state index is 0.200. The van der Waals surface area contributed by atoms with E-state index in [4.69, 9.17) is 18.9 Å². The number of carbonyl (C=O) groups excluding carboxylic acids is 1. The number of rotatable bonds is 62. The summed E-state index contributed by atoms with van der Waals surface area (Å²) >= 11 is 0. The van der Waals surface area contributed by atoms with E-state index in [1.807, 2.05) is 0 Å². The maximum absolute atomic E-state index is 13.4. The Balaban J connectivity index is 1.65. The zero-order valence-corrected chi connectivity index (χ0v) is 56.0. The average Bonchev–Trinajstić information content (AvgIpc) is 2.58. The van der Waals surface area contributed by atoms with Crippen LogP contribution in [0.2, 0.25) is 0 Å². The first-order valence-electron chi connectivity index (χ1n) is 37.1. The van der Waals surface area contributed by atoms with Crippen LogP contribution in [0.15, 0.2) is 24.3 Å². The Labute approximate surface area is 532 Å². The summed E-state index contributed by atoms with van der Waals surface area (Å²) in [5, 5.41) is 87.7. The molecule has 2 saturated heterocycles. The van der Waals surface area contributed by atoms with Crippen molar-refractivity contribution in [3.63, 3.8) is 0 Å². The number of unbranched alkanes of at least 4 members (excludes halogenated alkanes) is 45. The zero-order valence-electron chi connectivity index (χ0n) is 56.0. The van der Waals surface area contributed by atoms with Gasteiger partial charge < -0.3 is 65.1 Å². The second kappa shape index (κ2) is 58.3. The summed E-state index contributed by atoms with van der Waals surface area (Å²) < 4.78 is 23.0. The van der Waals surface area contributed by atoms with Gasteiger partial charge in [-0.1, -0.05) is 314 Å². The molecule has 87 heavy (non-hydrogen) atoms. The van der Waals surface area contributed by atoms with Gasteiger partial charge in [-0.25, -0.2) is 0 Å². The molecule has 0 aromatic rings. The molecule has 12 atom stereocenters. The highest BCUT2D eigenvalue weighted by Crippen LogP contribution is 2.30. The van der Waals surface area contributed by atoms with Crippen molar-refractivity contribution in [3.8, 4) is 0 Å². The first-order chi connectivity index (χ1) is 42.6. The molecule has 1 amide bonds. The molecule has 0 spiro atoms. The van der Waals surface area contributed by atoms with Crippen LogP contribution in [0.25, 0.3) is 0 Å². The van der Waals surface area contributed by atoms with Crippen molar-refractivity contribution < 1.29 is 64.6 Å². The molecule has 0 aliphatic carbocycles. The molecule has 0 radical (unpaired) electrons. The van der Waals surface area contributed by atoms with Crippen LogP contribution < -0.4 is 5.32 Å². The second-order valence-electron chi connectivity index (χ2n) is 26.4. The third-order valence-corrected chi connectivity index (χ3v) is 18.4. The number of ether oxygens (including phenoxy) is 4. The van der Waals surface area contributed by atoms with E-state index in [2.05, 4.69) is 43.5 Å². The third-order valence-electron chi connectivity index (χ3n) is 18.4. The van der Waals surface area contributed by atoms with Crippen molar-refractivity contribution >= 4 is 5.91 Å². The van der Waals surface area contributed by atoms with E-state index in [0.717, 1.165) is 57.8 Å². The van der Waals surface area contributed by atoms with Gasteiger partial charge in [-0.3, -0.25) is 4.79 Å². The van der Waals surface area contributed by atoms with Crippen molar-refractivity contribution in [1.82, 2.24) is 5.32 Å². The monoisotopic (exact) mass is 1240 g/mol. The Morgan fingerprint density at radius 3 is 1.15 bits per heavy atom. The van der Waals surface area contributed by atoms with Gasteiger partial charge in [0.1, 0.15) is 48.8 Å². The average molecular weight is 1240 g/mol. The van der Waals surface area contributed by atoms with Crippen LogP contribution in [-0.4, -0.2) is 140 Å². The molecule has 14 nitrogen and oxygen atoms in total. The van der Waals surface area contributed by atoms with Gasteiger partial charge in [-0.2, -0.15) is 0 Å². The van der Waals surface area contributed by atoms with Crippen LogP contribution in [0.4, 0.5) is 0 Å². The van der Waals surface area contributed by atoms with Crippen molar-refractivity contribution in [1.29, 1.82) is 0 Å². The minimum atomic E-state index is -1.78. The largest absolute Gasteiger partial charge is 0.394 e. The summed E-state index contributed by atoms with van der Waals surface area (Å²) in [6.07, 6.45) is 56.2. The molecular formula is C73H139NO13. The fourth-order valence-corrected chi connectivity index (χ4v) is 12.5. The number of hydrogen-bond donors (Lipinski definition) is 9. The van der Waals surface area contributed by atoms with E-state index in [0.29, 0.717) is 12.8 Å². The molecule has 9 N–H and O–H groups in total. The normalized spacial score (nSPS) is 23.3. The number of carbonyl (C=O) groups is 1. The Morgan fingerprint density at radius 2 is 0.759 bits per heavy atom. The quantitative estimate of drug-likeness (QED) is 0.0204. The number of aliphatic hydroxyl groups excluding tert-OH is 8. The van der Waals surface area contributed by atoms with E-state index < -0.39 is 86.8 Å². The highest BCUT2D eigenvalue weighted by molar-refractivity contribution is 5.76. The first kappa shape index (κ1) is 81.6. The van der Waals surface area contributed by atoms with Crippen LogP contribution in [0.5, 0.6) is 0 Å². The predicted octanol–water partition coefficient (Wildman–Crippen LogP) is 15.5. The van der Waals surface area contributed by atoms with Crippen LogP contribution in [0, 0.1) is 0 Å². The maximum atomic E-state index is 13.4. The number of amides is 1. The van der Waals surface area contributed by atoms with Gasteiger partial charge in [-0.15, -0.1) is 0 Å². The summed E-state index contributed by atoms with van der Waals surface area (Å²) in [5.74, 6) is -0.200. The second-order valence-corrected chi connectivity index (χ2v) is 26.4. The lowest BCUT2D eigenvalue weighted by Gasteiger charge is -2.46. The van der Waals surface area contributed by atoms with E-state index in [9.17, 15) is 45.6 Å². The van der Waals surface area contributed by atoms with E-state index >= 15 is 0 Å². The third kappa shape index (κ3) is 42.4. The Hall–Kier alpha value is -1.53. The maximum Gasteiger partial charge on any atom is 0.220 e. The molecule has 0 saturated carbocycles. The van der Waals surface area contributed by atoms with Gasteiger partial charge in [0.15, 0.2) is 12.6 Å². The summed E-state index contributed by atoms with van der Waals surface area (Å²) in [6.45, 7) is 2.91. The van der Waals surface area contributed by atoms with E-state index in [1.165, 1.54) is 257 Å². The molecule has 2 aliphatic rings. The predicted molar refractivity (Wildman–Crippen MR) is 355 cm³/mol. The molecule has 2 fully saturated rings. The van der Waals surface area contributed by atoms with Gasteiger partial charge in [0.05, 0.1) is 32.0 Å².